The Balaban J connectivity index is 0.854. The molecule has 0 fully saturated rings. The number of rotatable bonds is 3. The van der Waals surface area contributed by atoms with Crippen LogP contribution in [0.5, 0.6) is 0 Å². The van der Waals surface area contributed by atoms with Gasteiger partial charge in [0, 0.05) is 27.0 Å². The molecule has 0 saturated carbocycles. The van der Waals surface area contributed by atoms with E-state index >= 15 is 0 Å². The smallest absolute Gasteiger partial charge is 0.136 e. The highest BCUT2D eigenvalue weighted by Gasteiger charge is 2.35. The van der Waals surface area contributed by atoms with E-state index in [0.29, 0.717) is 0 Å². The van der Waals surface area contributed by atoms with E-state index in [1.165, 1.54) is 82.4 Å². The lowest BCUT2D eigenvalue weighted by atomic mass is 9.81. The first-order valence-corrected chi connectivity index (χ1v) is 20.5. The quantitative estimate of drug-likeness (QED) is 0.168. The summed E-state index contributed by atoms with van der Waals surface area (Å²) in [6, 6.07) is 66.5. The summed E-state index contributed by atoms with van der Waals surface area (Å²) in [6.07, 6.45) is 0. The molecule has 0 N–H and O–H groups in total. The fourth-order valence-corrected chi connectivity index (χ4v) is 10.2. The summed E-state index contributed by atoms with van der Waals surface area (Å²) in [5, 5.41) is 12.0. The molecule has 0 radical (unpaired) electrons. The SMILES string of the molecule is CC1(C)c2ccccc2-c2ccc(-c3ccc4oc5cc6c(cc5c4c3)oc3ccc(-c4ccc(-c5ccc7c8ccccc8c8ccccc8c7c5)cc4)cc36)cc21. The van der Waals surface area contributed by atoms with Crippen molar-refractivity contribution in [1.29, 1.82) is 0 Å². The van der Waals surface area contributed by atoms with E-state index in [-0.39, 0.29) is 5.41 Å². The van der Waals surface area contributed by atoms with Crippen molar-refractivity contribution in [2.24, 2.45) is 0 Å². The van der Waals surface area contributed by atoms with E-state index in [1.807, 2.05) is 0 Å². The van der Waals surface area contributed by atoms with Crippen LogP contribution in [-0.4, -0.2) is 0 Å². The molecule has 1 aliphatic rings. The Kier molecular flexibility index (Phi) is 6.54. The van der Waals surface area contributed by atoms with Crippen molar-refractivity contribution >= 4 is 76.2 Å². The maximum absolute atomic E-state index is 6.52. The maximum Gasteiger partial charge on any atom is 0.136 e. The predicted molar refractivity (Wildman–Crippen MR) is 247 cm³/mol. The van der Waals surface area contributed by atoms with Crippen LogP contribution >= 0.6 is 0 Å². The molecule has 12 aromatic rings. The van der Waals surface area contributed by atoms with Gasteiger partial charge in [-0.15, -0.1) is 0 Å². The molecule has 0 bridgehead atoms. The number of hydrogen-bond donors (Lipinski definition) is 0. The van der Waals surface area contributed by atoms with Gasteiger partial charge in [-0.25, -0.2) is 0 Å². The normalized spacial score (nSPS) is 13.4. The van der Waals surface area contributed by atoms with Crippen molar-refractivity contribution in [2.75, 3.05) is 0 Å². The fourth-order valence-electron chi connectivity index (χ4n) is 10.2. The lowest BCUT2D eigenvalue weighted by molar-refractivity contribution is 0.660. The van der Waals surface area contributed by atoms with Gasteiger partial charge in [0.2, 0.25) is 0 Å². The first-order chi connectivity index (χ1) is 29.0. The van der Waals surface area contributed by atoms with Gasteiger partial charge in [-0.2, -0.15) is 0 Å². The maximum atomic E-state index is 6.52. The molecule has 0 aliphatic heterocycles. The Labute approximate surface area is 340 Å². The molecule has 10 aromatic carbocycles. The molecule has 2 heteroatoms. The standard InChI is InChI=1S/C57H36O2/c1-57(2)51-14-8-7-13-44(51)45-24-20-38(30-52(45)57)37-22-26-54-48(29-37)50-32-55-49(31-56(50)59-54)47-28-36(21-25-53(47)58-55)34-17-15-33(16-18-34)35-19-23-43-41-11-4-3-9-39(41)40-10-5-6-12-42(40)46(43)27-35/h3-32H,1-2H3. The first-order valence-electron chi connectivity index (χ1n) is 20.5. The summed E-state index contributed by atoms with van der Waals surface area (Å²) in [5.74, 6) is 0. The molecule has 2 heterocycles. The number of benzene rings is 10. The third-order valence-electron chi connectivity index (χ3n) is 13.3. The number of hydrogen-bond acceptors (Lipinski definition) is 2. The minimum absolute atomic E-state index is 0.0467. The Morgan fingerprint density at radius 2 is 0.661 bits per heavy atom. The molecule has 0 saturated heterocycles. The van der Waals surface area contributed by atoms with E-state index < -0.39 is 0 Å². The van der Waals surface area contributed by atoms with Crippen molar-refractivity contribution < 1.29 is 8.83 Å². The molecule has 2 aromatic heterocycles. The van der Waals surface area contributed by atoms with Crippen LogP contribution in [0, 0.1) is 0 Å². The van der Waals surface area contributed by atoms with Crippen molar-refractivity contribution in [2.45, 2.75) is 19.3 Å². The lowest BCUT2D eigenvalue weighted by Gasteiger charge is -2.22. The summed E-state index contributed by atoms with van der Waals surface area (Å²) in [6.45, 7) is 4.67. The topological polar surface area (TPSA) is 26.3 Å². The third-order valence-corrected chi connectivity index (χ3v) is 13.3. The van der Waals surface area contributed by atoms with Gasteiger partial charge in [-0.1, -0.05) is 147 Å². The third kappa shape index (κ3) is 4.69. The highest BCUT2D eigenvalue weighted by Crippen LogP contribution is 2.50. The summed E-state index contributed by atoms with van der Waals surface area (Å²) in [4.78, 5) is 0. The van der Waals surface area contributed by atoms with Crippen LogP contribution in [0.2, 0.25) is 0 Å². The van der Waals surface area contributed by atoms with Gasteiger partial charge < -0.3 is 8.83 Å². The highest BCUT2D eigenvalue weighted by molar-refractivity contribution is 6.25. The van der Waals surface area contributed by atoms with Crippen LogP contribution in [0.25, 0.3) is 121 Å². The van der Waals surface area contributed by atoms with E-state index in [1.54, 1.807) is 0 Å². The monoisotopic (exact) mass is 752 g/mol. The van der Waals surface area contributed by atoms with Crippen LogP contribution < -0.4 is 0 Å². The first kappa shape index (κ1) is 32.6. The summed E-state index contributed by atoms with van der Waals surface area (Å²) >= 11 is 0. The zero-order valence-electron chi connectivity index (χ0n) is 32.6. The second-order valence-electron chi connectivity index (χ2n) is 16.8. The highest BCUT2D eigenvalue weighted by atomic mass is 16.3. The van der Waals surface area contributed by atoms with Crippen LogP contribution in [0.3, 0.4) is 0 Å². The molecule has 59 heavy (non-hydrogen) atoms. The lowest BCUT2D eigenvalue weighted by Crippen LogP contribution is -2.14. The summed E-state index contributed by atoms with van der Waals surface area (Å²) < 4.78 is 13.0. The van der Waals surface area contributed by atoms with Gasteiger partial charge in [0.15, 0.2) is 0 Å². The molecular formula is C57H36O2. The van der Waals surface area contributed by atoms with Crippen molar-refractivity contribution in [1.82, 2.24) is 0 Å². The predicted octanol–water partition coefficient (Wildman–Crippen LogP) is 16.3. The van der Waals surface area contributed by atoms with Crippen molar-refractivity contribution in [3.05, 3.63) is 193 Å². The zero-order chi connectivity index (χ0) is 39.0. The molecule has 0 amide bonds. The second kappa shape index (κ2) is 11.8. The van der Waals surface area contributed by atoms with E-state index in [4.69, 9.17) is 8.83 Å². The average Bonchev–Trinajstić information content (AvgIpc) is 3.91. The molecule has 0 spiro atoms. The van der Waals surface area contributed by atoms with Gasteiger partial charge in [0.25, 0.3) is 0 Å². The second-order valence-corrected chi connectivity index (χ2v) is 16.8. The molecular weight excluding hydrogens is 717 g/mol. The Morgan fingerprint density at radius 3 is 1.25 bits per heavy atom. The summed E-state index contributed by atoms with van der Waals surface area (Å²) in [7, 11) is 0. The Morgan fingerprint density at radius 1 is 0.271 bits per heavy atom. The molecule has 0 unspecified atom stereocenters. The van der Waals surface area contributed by atoms with Gasteiger partial charge in [-0.3, -0.25) is 0 Å². The fraction of sp³-hybridized carbons (Fsp3) is 0.0526. The number of fused-ring (bicyclic) bond motifs is 15. The van der Waals surface area contributed by atoms with Gasteiger partial charge in [0.1, 0.15) is 22.3 Å². The van der Waals surface area contributed by atoms with Gasteiger partial charge in [-0.05, 0) is 136 Å². The van der Waals surface area contributed by atoms with Gasteiger partial charge in [0.05, 0.1) is 0 Å². The van der Waals surface area contributed by atoms with E-state index in [2.05, 4.69) is 196 Å². The van der Waals surface area contributed by atoms with Crippen LogP contribution in [-0.2, 0) is 5.41 Å². The molecule has 13 rings (SSSR count). The van der Waals surface area contributed by atoms with Crippen LogP contribution in [0.1, 0.15) is 25.0 Å². The summed E-state index contributed by atoms with van der Waals surface area (Å²) in [5.41, 5.74) is 16.0. The van der Waals surface area contributed by atoms with Crippen LogP contribution in [0.15, 0.2) is 191 Å². The molecule has 276 valence electrons. The number of furan rings is 2. The van der Waals surface area contributed by atoms with Crippen molar-refractivity contribution in [3.63, 3.8) is 0 Å². The Bertz CT molecular complexity index is 3710. The largest absolute Gasteiger partial charge is 0.456 e. The van der Waals surface area contributed by atoms with Gasteiger partial charge >= 0.3 is 0 Å². The molecule has 1 aliphatic carbocycles. The Hall–Kier alpha value is -7.42. The van der Waals surface area contributed by atoms with Crippen molar-refractivity contribution in [3.8, 4) is 44.5 Å². The van der Waals surface area contributed by atoms with Crippen LogP contribution in [0.4, 0.5) is 0 Å². The molecule has 0 atom stereocenters. The van der Waals surface area contributed by atoms with E-state index in [9.17, 15) is 0 Å². The minimum Gasteiger partial charge on any atom is -0.456 e. The van der Waals surface area contributed by atoms with E-state index in [0.717, 1.165) is 49.4 Å². The minimum atomic E-state index is -0.0467. The average molecular weight is 753 g/mol. The zero-order valence-corrected chi connectivity index (χ0v) is 32.6. The molecule has 2 nitrogen and oxygen atoms in total.